The molecule has 3 rings (SSSR count). The van der Waals surface area contributed by atoms with Crippen LogP contribution in [0.5, 0.6) is 0 Å². The molecule has 108 valence electrons. The minimum atomic E-state index is -0.396. The molecule has 0 saturated carbocycles. The van der Waals surface area contributed by atoms with Crippen molar-refractivity contribution in [3.63, 3.8) is 0 Å². The molecule has 2 saturated heterocycles. The highest BCUT2D eigenvalue weighted by Gasteiger charge is 2.37. The van der Waals surface area contributed by atoms with Gasteiger partial charge in [-0.2, -0.15) is 0 Å². The summed E-state index contributed by atoms with van der Waals surface area (Å²) in [4.78, 5) is 14.2. The molecule has 0 amide bonds. The molecular formula is C15H19ClN2O2. The summed E-state index contributed by atoms with van der Waals surface area (Å²) in [5.41, 5.74) is 1.36. The lowest BCUT2D eigenvalue weighted by molar-refractivity contribution is 0.0601. The Hall–Kier alpha value is -1.26. The van der Waals surface area contributed by atoms with Crippen LogP contribution in [0.4, 0.5) is 5.69 Å². The van der Waals surface area contributed by atoms with Crippen LogP contribution in [0.1, 0.15) is 29.6 Å². The molecule has 1 aromatic carbocycles. The maximum atomic E-state index is 11.7. The lowest BCUT2D eigenvalue weighted by Crippen LogP contribution is -2.33. The quantitative estimate of drug-likeness (QED) is 0.871. The largest absolute Gasteiger partial charge is 0.465 e. The van der Waals surface area contributed by atoms with E-state index in [1.165, 1.54) is 33.0 Å². The fraction of sp³-hybridized carbons (Fsp3) is 0.533. The molecule has 2 aliphatic rings. The normalized spacial score (nSPS) is 25.5. The van der Waals surface area contributed by atoms with Gasteiger partial charge in [-0.1, -0.05) is 11.6 Å². The first-order valence-electron chi connectivity index (χ1n) is 7.07. The maximum Gasteiger partial charge on any atom is 0.339 e. The van der Waals surface area contributed by atoms with E-state index in [-0.39, 0.29) is 0 Å². The van der Waals surface area contributed by atoms with E-state index < -0.39 is 5.97 Å². The van der Waals surface area contributed by atoms with Gasteiger partial charge in [0, 0.05) is 24.3 Å². The van der Waals surface area contributed by atoms with Gasteiger partial charge in [0.25, 0.3) is 0 Å². The monoisotopic (exact) mass is 294 g/mol. The summed E-state index contributed by atoms with van der Waals surface area (Å²) in [7, 11) is 1.37. The average Bonchev–Trinajstić information content (AvgIpc) is 3.05. The highest BCUT2D eigenvalue weighted by molar-refractivity contribution is 6.33. The van der Waals surface area contributed by atoms with Gasteiger partial charge in [0.05, 0.1) is 17.7 Å². The van der Waals surface area contributed by atoms with Crippen LogP contribution < -0.4 is 5.32 Å². The van der Waals surface area contributed by atoms with Crippen LogP contribution in [0.2, 0.25) is 5.02 Å². The molecule has 2 unspecified atom stereocenters. The van der Waals surface area contributed by atoms with Crippen LogP contribution in [-0.4, -0.2) is 43.2 Å². The van der Waals surface area contributed by atoms with E-state index in [2.05, 4.69) is 10.2 Å². The molecule has 4 nitrogen and oxygen atoms in total. The van der Waals surface area contributed by atoms with Gasteiger partial charge < -0.3 is 10.1 Å². The van der Waals surface area contributed by atoms with E-state index >= 15 is 0 Å². The minimum absolute atomic E-state index is 0.396. The predicted molar refractivity (Wildman–Crippen MR) is 79.4 cm³/mol. The number of nitrogens with zero attached hydrogens (tertiary/aromatic N) is 1. The summed E-state index contributed by atoms with van der Waals surface area (Å²) >= 11 is 6.04. The number of rotatable bonds is 3. The van der Waals surface area contributed by atoms with Gasteiger partial charge in [0.2, 0.25) is 0 Å². The van der Waals surface area contributed by atoms with Gasteiger partial charge in [-0.15, -0.1) is 0 Å². The number of esters is 1. The number of anilines is 1. The van der Waals surface area contributed by atoms with Crippen LogP contribution in [0.15, 0.2) is 18.2 Å². The molecule has 20 heavy (non-hydrogen) atoms. The lowest BCUT2D eigenvalue weighted by atomic mass is 10.1. The highest BCUT2D eigenvalue weighted by atomic mass is 35.5. The van der Waals surface area contributed by atoms with E-state index in [1.807, 2.05) is 6.07 Å². The van der Waals surface area contributed by atoms with Crippen LogP contribution in [0.25, 0.3) is 0 Å². The first-order chi connectivity index (χ1) is 9.69. The number of carbonyl (C=O) groups is 1. The van der Waals surface area contributed by atoms with E-state index in [0.29, 0.717) is 22.7 Å². The van der Waals surface area contributed by atoms with Gasteiger partial charge in [-0.3, -0.25) is 4.90 Å². The third kappa shape index (κ3) is 2.50. The van der Waals surface area contributed by atoms with Crippen LogP contribution in [0.3, 0.4) is 0 Å². The van der Waals surface area contributed by atoms with Crippen molar-refractivity contribution < 1.29 is 9.53 Å². The summed E-state index contributed by atoms with van der Waals surface area (Å²) in [6.45, 7) is 2.39. The van der Waals surface area contributed by atoms with Crippen molar-refractivity contribution in [3.05, 3.63) is 28.8 Å². The second kappa shape index (κ2) is 5.62. The molecule has 0 aromatic heterocycles. The molecule has 1 aromatic rings. The Morgan fingerprint density at radius 2 is 2.25 bits per heavy atom. The zero-order valence-electron chi connectivity index (χ0n) is 11.6. The number of nitrogens with one attached hydrogen (secondary N) is 1. The maximum absolute atomic E-state index is 11.7. The summed E-state index contributed by atoms with van der Waals surface area (Å²) in [6.07, 6.45) is 3.70. The predicted octanol–water partition coefficient (Wildman–Crippen LogP) is 2.78. The Kier molecular flexibility index (Phi) is 3.85. The molecule has 0 bridgehead atoms. The third-order valence-corrected chi connectivity index (χ3v) is 4.66. The van der Waals surface area contributed by atoms with Crippen LogP contribution in [-0.2, 0) is 4.74 Å². The van der Waals surface area contributed by atoms with Crippen molar-refractivity contribution in [2.75, 3.05) is 25.5 Å². The summed E-state index contributed by atoms with van der Waals surface area (Å²) in [6, 6.07) is 6.55. The highest BCUT2D eigenvalue weighted by Crippen LogP contribution is 2.31. The van der Waals surface area contributed by atoms with Crippen molar-refractivity contribution in [3.8, 4) is 0 Å². The second-order valence-corrected chi connectivity index (χ2v) is 5.88. The number of methoxy groups -OCH3 is 1. The Morgan fingerprint density at radius 3 is 3.05 bits per heavy atom. The molecule has 2 fully saturated rings. The molecule has 2 heterocycles. The van der Waals surface area contributed by atoms with Gasteiger partial charge in [0.1, 0.15) is 0 Å². The van der Waals surface area contributed by atoms with Crippen molar-refractivity contribution in [1.29, 1.82) is 0 Å². The van der Waals surface area contributed by atoms with Crippen molar-refractivity contribution in [1.82, 2.24) is 4.90 Å². The Bertz CT molecular complexity index is 521. The molecule has 2 atom stereocenters. The number of hydrogen-bond acceptors (Lipinski definition) is 4. The molecule has 1 N–H and O–H groups in total. The molecule has 5 heteroatoms. The van der Waals surface area contributed by atoms with E-state index in [4.69, 9.17) is 16.3 Å². The van der Waals surface area contributed by atoms with Gasteiger partial charge in [-0.05, 0) is 44.0 Å². The molecule has 2 aliphatic heterocycles. The van der Waals surface area contributed by atoms with E-state index in [1.54, 1.807) is 12.1 Å². The van der Waals surface area contributed by atoms with Crippen molar-refractivity contribution in [2.24, 2.45) is 0 Å². The summed E-state index contributed by atoms with van der Waals surface area (Å²) in [5, 5.41) is 3.98. The minimum Gasteiger partial charge on any atom is -0.465 e. The summed E-state index contributed by atoms with van der Waals surface area (Å²) < 4.78 is 4.75. The number of fused-ring (bicyclic) bond motifs is 1. The van der Waals surface area contributed by atoms with Gasteiger partial charge in [0.15, 0.2) is 0 Å². The first kappa shape index (κ1) is 13.7. The van der Waals surface area contributed by atoms with Crippen LogP contribution in [0, 0.1) is 0 Å². The summed E-state index contributed by atoms with van der Waals surface area (Å²) in [5.74, 6) is -0.396. The number of ether oxygens (including phenoxy) is 1. The zero-order valence-corrected chi connectivity index (χ0v) is 12.3. The molecule has 0 spiro atoms. The third-order valence-electron chi connectivity index (χ3n) is 4.33. The topological polar surface area (TPSA) is 41.6 Å². The Morgan fingerprint density at radius 1 is 1.40 bits per heavy atom. The fourth-order valence-electron chi connectivity index (χ4n) is 3.35. The molecular weight excluding hydrogens is 276 g/mol. The van der Waals surface area contributed by atoms with Crippen molar-refractivity contribution >= 4 is 23.3 Å². The zero-order chi connectivity index (χ0) is 14.1. The van der Waals surface area contributed by atoms with Gasteiger partial charge >= 0.3 is 5.97 Å². The van der Waals surface area contributed by atoms with Gasteiger partial charge in [-0.25, -0.2) is 4.79 Å². The SMILES string of the molecule is COC(=O)c1cc(NC2CCN3CCCC23)ccc1Cl. The number of benzene rings is 1. The standard InChI is InChI=1S/C15H19ClN2O2/c1-20-15(19)11-9-10(4-5-12(11)16)17-13-6-8-18-7-2-3-14(13)18/h4-5,9,13-14,17H,2-3,6-8H2,1H3. The van der Waals surface area contributed by atoms with Crippen molar-refractivity contribution in [2.45, 2.75) is 31.3 Å². The lowest BCUT2D eigenvalue weighted by Gasteiger charge is -2.22. The average molecular weight is 295 g/mol. The Labute approximate surface area is 124 Å². The Balaban J connectivity index is 1.76. The number of hydrogen-bond donors (Lipinski definition) is 1. The number of halogens is 1. The second-order valence-electron chi connectivity index (χ2n) is 5.47. The molecule has 0 aliphatic carbocycles. The smallest absolute Gasteiger partial charge is 0.339 e. The molecule has 0 radical (unpaired) electrons. The number of carbonyl (C=O) groups excluding carboxylic acids is 1. The fourth-order valence-corrected chi connectivity index (χ4v) is 3.54. The van der Waals surface area contributed by atoms with E-state index in [9.17, 15) is 4.79 Å². The van der Waals surface area contributed by atoms with Crippen LogP contribution >= 0.6 is 11.6 Å². The van der Waals surface area contributed by atoms with E-state index in [0.717, 1.165) is 12.1 Å². The first-order valence-corrected chi connectivity index (χ1v) is 7.45.